The standard InChI is InChI=1S/C13H24N4OS2/c1-5-19-7-6-9(4)16-12(18)10-11(14)17-13(20-10)15-8(2)3/h8-9H,5-7,14H2,1-4H3,(H,15,17)(H,16,18). The predicted octanol–water partition coefficient (Wildman–Crippen LogP) is 2.81. The van der Waals surface area contributed by atoms with Gasteiger partial charge >= 0.3 is 0 Å². The second kappa shape index (κ2) is 8.36. The Morgan fingerprint density at radius 2 is 2.15 bits per heavy atom. The number of amides is 1. The molecule has 1 aromatic heterocycles. The van der Waals surface area contributed by atoms with Gasteiger partial charge in [-0.25, -0.2) is 4.98 Å². The van der Waals surface area contributed by atoms with Crippen molar-refractivity contribution in [1.82, 2.24) is 10.3 Å². The second-order valence-electron chi connectivity index (χ2n) is 4.89. The number of thiazole rings is 1. The first-order valence-electron chi connectivity index (χ1n) is 6.85. The van der Waals surface area contributed by atoms with Crippen LogP contribution in [0.2, 0.25) is 0 Å². The van der Waals surface area contributed by atoms with Crippen LogP contribution < -0.4 is 16.4 Å². The molecule has 0 radical (unpaired) electrons. The molecule has 0 saturated heterocycles. The third-order valence-electron chi connectivity index (χ3n) is 2.55. The van der Waals surface area contributed by atoms with Crippen LogP contribution >= 0.6 is 23.1 Å². The highest BCUT2D eigenvalue weighted by atomic mass is 32.2. The molecule has 0 aliphatic rings. The zero-order valence-corrected chi connectivity index (χ0v) is 14.2. The lowest BCUT2D eigenvalue weighted by Crippen LogP contribution is -2.32. The Bertz CT molecular complexity index is 434. The third-order valence-corrected chi connectivity index (χ3v) is 4.48. The Labute approximate surface area is 129 Å². The first-order chi connectivity index (χ1) is 9.43. The zero-order valence-electron chi connectivity index (χ0n) is 12.5. The Kier molecular flexibility index (Phi) is 7.15. The number of carbonyl (C=O) groups is 1. The summed E-state index contributed by atoms with van der Waals surface area (Å²) in [5.74, 6) is 2.32. The van der Waals surface area contributed by atoms with Gasteiger partial charge in [0.25, 0.3) is 5.91 Å². The van der Waals surface area contributed by atoms with Crippen molar-refractivity contribution in [3.05, 3.63) is 4.88 Å². The Morgan fingerprint density at radius 3 is 2.75 bits per heavy atom. The topological polar surface area (TPSA) is 80.0 Å². The van der Waals surface area contributed by atoms with E-state index < -0.39 is 0 Å². The molecule has 1 unspecified atom stereocenters. The SMILES string of the molecule is CCSCCC(C)NC(=O)c1sc(NC(C)C)nc1N. The first-order valence-corrected chi connectivity index (χ1v) is 8.82. The number of aromatic nitrogens is 1. The number of carbonyl (C=O) groups excluding carboxylic acids is 1. The summed E-state index contributed by atoms with van der Waals surface area (Å²) < 4.78 is 0. The Balaban J connectivity index is 2.56. The number of rotatable bonds is 8. The summed E-state index contributed by atoms with van der Waals surface area (Å²) in [5, 5.41) is 6.82. The molecule has 114 valence electrons. The van der Waals surface area contributed by atoms with Gasteiger partial charge in [0.1, 0.15) is 10.7 Å². The van der Waals surface area contributed by atoms with Crippen molar-refractivity contribution in [2.45, 2.75) is 46.2 Å². The van der Waals surface area contributed by atoms with Crippen molar-refractivity contribution >= 4 is 40.0 Å². The molecule has 1 aromatic rings. The minimum Gasteiger partial charge on any atom is -0.382 e. The normalized spacial score (nSPS) is 12.4. The molecule has 0 aromatic carbocycles. The molecule has 0 aliphatic carbocycles. The number of thioether (sulfide) groups is 1. The highest BCUT2D eigenvalue weighted by Gasteiger charge is 2.18. The molecule has 0 spiro atoms. The molecule has 5 nitrogen and oxygen atoms in total. The number of nitrogens with one attached hydrogen (secondary N) is 2. The second-order valence-corrected chi connectivity index (χ2v) is 7.29. The minimum atomic E-state index is -0.134. The molecular formula is C13H24N4OS2. The minimum absolute atomic E-state index is 0.134. The highest BCUT2D eigenvalue weighted by Crippen LogP contribution is 2.25. The van der Waals surface area contributed by atoms with Crippen LogP contribution in [0, 0.1) is 0 Å². The van der Waals surface area contributed by atoms with Crippen LogP contribution in [0.5, 0.6) is 0 Å². The van der Waals surface area contributed by atoms with E-state index in [-0.39, 0.29) is 18.0 Å². The van der Waals surface area contributed by atoms with Crippen LogP contribution in [-0.4, -0.2) is 34.5 Å². The van der Waals surface area contributed by atoms with E-state index in [0.29, 0.717) is 15.8 Å². The number of anilines is 2. The van der Waals surface area contributed by atoms with E-state index >= 15 is 0 Å². The third kappa shape index (κ3) is 5.58. The van der Waals surface area contributed by atoms with Gasteiger partial charge in [-0.2, -0.15) is 11.8 Å². The predicted molar refractivity (Wildman–Crippen MR) is 89.8 cm³/mol. The summed E-state index contributed by atoms with van der Waals surface area (Å²) in [5.41, 5.74) is 5.81. The highest BCUT2D eigenvalue weighted by molar-refractivity contribution is 7.99. The molecule has 4 N–H and O–H groups in total. The van der Waals surface area contributed by atoms with Crippen molar-refractivity contribution in [2.75, 3.05) is 22.6 Å². The molecule has 0 fully saturated rings. The van der Waals surface area contributed by atoms with Gasteiger partial charge in [0.2, 0.25) is 0 Å². The average Bonchev–Trinajstić information content (AvgIpc) is 2.69. The number of hydrogen-bond donors (Lipinski definition) is 3. The molecule has 7 heteroatoms. The van der Waals surface area contributed by atoms with Crippen LogP contribution in [-0.2, 0) is 0 Å². The van der Waals surface area contributed by atoms with Crippen molar-refractivity contribution in [3.8, 4) is 0 Å². The molecular weight excluding hydrogens is 292 g/mol. The number of nitrogen functional groups attached to an aromatic ring is 1. The lowest BCUT2D eigenvalue weighted by Gasteiger charge is -2.12. The van der Waals surface area contributed by atoms with Crippen LogP contribution in [0.1, 0.15) is 43.8 Å². The Morgan fingerprint density at radius 1 is 1.45 bits per heavy atom. The molecule has 0 saturated carbocycles. The summed E-state index contributed by atoms with van der Waals surface area (Å²) in [6, 6.07) is 0.408. The molecule has 0 bridgehead atoms. The number of nitrogens with zero attached hydrogens (tertiary/aromatic N) is 1. The quantitative estimate of drug-likeness (QED) is 0.643. The maximum absolute atomic E-state index is 12.2. The summed E-state index contributed by atoms with van der Waals surface area (Å²) in [6.45, 7) is 8.18. The lowest BCUT2D eigenvalue weighted by molar-refractivity contribution is 0.0944. The maximum Gasteiger partial charge on any atom is 0.265 e. The van der Waals surface area contributed by atoms with Gasteiger partial charge in [-0.05, 0) is 38.7 Å². The van der Waals surface area contributed by atoms with Gasteiger partial charge in [0.05, 0.1) is 0 Å². The van der Waals surface area contributed by atoms with Gasteiger partial charge in [-0.1, -0.05) is 18.3 Å². The van der Waals surface area contributed by atoms with Gasteiger partial charge < -0.3 is 16.4 Å². The Hall–Kier alpha value is -0.950. The van der Waals surface area contributed by atoms with E-state index in [2.05, 4.69) is 22.5 Å². The van der Waals surface area contributed by atoms with E-state index in [9.17, 15) is 4.79 Å². The van der Waals surface area contributed by atoms with Crippen molar-refractivity contribution < 1.29 is 4.79 Å². The van der Waals surface area contributed by atoms with Gasteiger partial charge in [-0.3, -0.25) is 4.79 Å². The van der Waals surface area contributed by atoms with Crippen LogP contribution in [0.25, 0.3) is 0 Å². The average molecular weight is 316 g/mol. The number of nitrogens with two attached hydrogens (primary N) is 1. The maximum atomic E-state index is 12.2. The lowest BCUT2D eigenvalue weighted by atomic mass is 10.2. The van der Waals surface area contributed by atoms with Crippen LogP contribution in [0.3, 0.4) is 0 Å². The molecule has 1 amide bonds. The molecule has 20 heavy (non-hydrogen) atoms. The van der Waals surface area contributed by atoms with Gasteiger partial charge in [0, 0.05) is 12.1 Å². The summed E-state index contributed by atoms with van der Waals surface area (Å²) in [7, 11) is 0. The van der Waals surface area contributed by atoms with Crippen molar-refractivity contribution in [1.29, 1.82) is 0 Å². The van der Waals surface area contributed by atoms with E-state index in [1.165, 1.54) is 11.3 Å². The fraction of sp³-hybridized carbons (Fsp3) is 0.692. The van der Waals surface area contributed by atoms with E-state index in [0.717, 1.165) is 17.9 Å². The summed E-state index contributed by atoms with van der Waals surface area (Å²) in [6.07, 6.45) is 0.958. The fourth-order valence-electron chi connectivity index (χ4n) is 1.57. The van der Waals surface area contributed by atoms with E-state index in [4.69, 9.17) is 5.73 Å². The summed E-state index contributed by atoms with van der Waals surface area (Å²) >= 11 is 3.18. The molecule has 1 rings (SSSR count). The fourth-order valence-corrected chi connectivity index (χ4v) is 3.31. The molecule has 1 heterocycles. The molecule has 1 atom stereocenters. The molecule has 0 aliphatic heterocycles. The van der Waals surface area contributed by atoms with E-state index in [1.807, 2.05) is 32.5 Å². The largest absolute Gasteiger partial charge is 0.382 e. The summed E-state index contributed by atoms with van der Waals surface area (Å²) in [4.78, 5) is 16.8. The van der Waals surface area contributed by atoms with Gasteiger partial charge in [-0.15, -0.1) is 0 Å². The van der Waals surface area contributed by atoms with Gasteiger partial charge in [0.15, 0.2) is 5.13 Å². The zero-order chi connectivity index (χ0) is 15.1. The van der Waals surface area contributed by atoms with E-state index in [1.54, 1.807) is 0 Å². The van der Waals surface area contributed by atoms with Crippen LogP contribution in [0.15, 0.2) is 0 Å². The number of hydrogen-bond acceptors (Lipinski definition) is 6. The van der Waals surface area contributed by atoms with Crippen molar-refractivity contribution in [2.24, 2.45) is 0 Å². The monoisotopic (exact) mass is 316 g/mol. The van der Waals surface area contributed by atoms with Crippen LogP contribution in [0.4, 0.5) is 10.9 Å². The van der Waals surface area contributed by atoms with Crippen molar-refractivity contribution in [3.63, 3.8) is 0 Å². The smallest absolute Gasteiger partial charge is 0.265 e. The first kappa shape index (κ1) is 17.1.